The van der Waals surface area contributed by atoms with E-state index < -0.39 is 0 Å². The molecule has 2 aliphatic rings. The van der Waals surface area contributed by atoms with Crippen LogP contribution in [0.1, 0.15) is 35.6 Å². The van der Waals surface area contributed by atoms with Crippen LogP contribution in [0.3, 0.4) is 0 Å². The highest BCUT2D eigenvalue weighted by Gasteiger charge is 2.25. The number of nitriles is 1. The second-order valence-electron chi connectivity index (χ2n) is 7.95. The highest BCUT2D eigenvalue weighted by atomic mass is 32.2. The van der Waals surface area contributed by atoms with E-state index in [4.69, 9.17) is 10.7 Å². The Kier molecular flexibility index (Phi) is 7.41. The zero-order valence-electron chi connectivity index (χ0n) is 18.9. The van der Waals surface area contributed by atoms with Gasteiger partial charge in [0.25, 0.3) is 5.24 Å². The third-order valence-corrected chi connectivity index (χ3v) is 6.53. The number of aryl methyl sites for hydroxylation is 1. The number of anilines is 1. The van der Waals surface area contributed by atoms with Gasteiger partial charge >= 0.3 is 0 Å². The first-order chi connectivity index (χ1) is 16.6. The Bertz CT molecular complexity index is 1250. The van der Waals surface area contributed by atoms with Crippen molar-refractivity contribution in [1.29, 1.82) is 10.7 Å². The molecule has 1 unspecified atom stereocenters. The van der Waals surface area contributed by atoms with Crippen molar-refractivity contribution in [3.63, 3.8) is 0 Å². The summed E-state index contributed by atoms with van der Waals surface area (Å²) in [5.41, 5.74) is 8.45. The molecule has 3 aromatic carbocycles. The number of amides is 1. The van der Waals surface area contributed by atoms with E-state index in [1.165, 1.54) is 17.3 Å². The third-order valence-electron chi connectivity index (χ3n) is 5.65. The van der Waals surface area contributed by atoms with E-state index in [0.717, 1.165) is 41.9 Å². The molecule has 7 heteroatoms. The van der Waals surface area contributed by atoms with Crippen molar-refractivity contribution in [3.05, 3.63) is 101 Å². The van der Waals surface area contributed by atoms with Crippen LogP contribution in [0.25, 0.3) is 0 Å². The second kappa shape index (κ2) is 10.8. The van der Waals surface area contributed by atoms with Crippen LogP contribution in [0, 0.1) is 16.7 Å². The minimum atomic E-state index is -0.110. The summed E-state index contributed by atoms with van der Waals surface area (Å²) in [6.07, 6.45) is 2.00. The van der Waals surface area contributed by atoms with E-state index >= 15 is 0 Å². The Morgan fingerprint density at radius 1 is 1.12 bits per heavy atom. The van der Waals surface area contributed by atoms with E-state index in [9.17, 15) is 4.79 Å². The summed E-state index contributed by atoms with van der Waals surface area (Å²) in [5, 5.41) is 21.1. The maximum absolute atomic E-state index is 11.5. The molecule has 6 nitrogen and oxygen atoms in total. The molecule has 0 fully saturated rings. The van der Waals surface area contributed by atoms with Crippen LogP contribution in [0.4, 0.5) is 10.5 Å². The van der Waals surface area contributed by atoms with Gasteiger partial charge in [-0.3, -0.25) is 10.2 Å². The van der Waals surface area contributed by atoms with Gasteiger partial charge in [-0.25, -0.2) is 5.43 Å². The molecule has 2 heterocycles. The van der Waals surface area contributed by atoms with Gasteiger partial charge in [-0.15, -0.1) is 0 Å². The lowest BCUT2D eigenvalue weighted by atomic mass is 9.96. The fraction of sp³-hybridized carbons (Fsp3) is 0.185. The molecule has 0 saturated heterocycles. The molecule has 2 N–H and O–H groups in total. The summed E-state index contributed by atoms with van der Waals surface area (Å²) in [5.74, 6) is 0.533. The van der Waals surface area contributed by atoms with E-state index in [2.05, 4.69) is 27.6 Å². The van der Waals surface area contributed by atoms with Crippen LogP contribution in [-0.2, 0) is 6.42 Å². The number of nitrogens with zero attached hydrogens (tertiary/aromatic N) is 3. The summed E-state index contributed by atoms with van der Waals surface area (Å²) < 4.78 is 0. The number of carbonyl (C=O) groups excluding carboxylic acids is 1. The molecule has 0 bridgehead atoms. The van der Waals surface area contributed by atoms with Gasteiger partial charge in [-0.05, 0) is 55.2 Å². The number of rotatable bonds is 2. The Hall–Kier alpha value is -3.89. The standard InChI is InChI=1S/C20H20N4OS.C7H5N/c1-13-18(22-23-20(25)26-13)16-9-10-17-15(12-16)8-5-11-24(17)19(21)14-6-3-2-4-7-14;8-6-7-4-2-1-3-5-7/h2-4,6-7,9-10,12-13,21H,5,8,11H2,1H3,(H,23,25);1-5H. The fourth-order valence-corrected chi connectivity index (χ4v) is 4.71. The minimum absolute atomic E-state index is 0.0316. The van der Waals surface area contributed by atoms with E-state index in [0.29, 0.717) is 11.4 Å². The first-order valence-corrected chi connectivity index (χ1v) is 12.0. The smallest absolute Gasteiger partial charge is 0.299 e. The maximum atomic E-state index is 11.5. The summed E-state index contributed by atoms with van der Waals surface area (Å²) >= 11 is 1.26. The van der Waals surface area contributed by atoms with Crippen molar-refractivity contribution in [1.82, 2.24) is 5.43 Å². The number of benzene rings is 3. The molecule has 1 atom stereocenters. The molecule has 5 rings (SSSR count). The average molecular weight is 468 g/mol. The molecule has 2 aliphatic heterocycles. The van der Waals surface area contributed by atoms with E-state index in [1.807, 2.05) is 67.6 Å². The van der Waals surface area contributed by atoms with Crippen LogP contribution in [0.2, 0.25) is 0 Å². The Morgan fingerprint density at radius 3 is 2.47 bits per heavy atom. The van der Waals surface area contributed by atoms with Crippen LogP contribution in [0.15, 0.2) is 84.0 Å². The van der Waals surface area contributed by atoms with Crippen LogP contribution in [-0.4, -0.2) is 28.6 Å². The van der Waals surface area contributed by atoms with Crippen molar-refractivity contribution < 1.29 is 4.79 Å². The van der Waals surface area contributed by atoms with Gasteiger partial charge in [0.05, 0.1) is 22.6 Å². The highest BCUT2D eigenvalue weighted by molar-refractivity contribution is 8.14. The summed E-state index contributed by atoms with van der Waals surface area (Å²) in [7, 11) is 0. The lowest BCUT2D eigenvalue weighted by molar-refractivity contribution is 0.261. The number of hydrogen-bond donors (Lipinski definition) is 2. The Balaban J connectivity index is 0.000000291. The molecule has 34 heavy (non-hydrogen) atoms. The van der Waals surface area contributed by atoms with Crippen molar-refractivity contribution in [3.8, 4) is 6.07 Å². The highest BCUT2D eigenvalue weighted by Crippen LogP contribution is 2.31. The quantitative estimate of drug-likeness (QED) is 0.381. The topological polar surface area (TPSA) is 92.3 Å². The van der Waals surface area contributed by atoms with Gasteiger partial charge < -0.3 is 4.90 Å². The van der Waals surface area contributed by atoms with Gasteiger partial charge in [0.1, 0.15) is 5.84 Å². The SMILES string of the molecule is CC1SC(=O)NN=C1c1ccc2c(c1)CCCN2C(=N)c1ccccc1.N#Cc1ccccc1. The number of amidine groups is 1. The van der Waals surface area contributed by atoms with Crippen molar-refractivity contribution >= 4 is 34.2 Å². The first kappa shape index (κ1) is 23.3. The molecular formula is C27H25N5OS. The first-order valence-electron chi connectivity index (χ1n) is 11.1. The van der Waals surface area contributed by atoms with Gasteiger partial charge in [0.2, 0.25) is 0 Å². The molecule has 0 radical (unpaired) electrons. The lowest BCUT2D eigenvalue weighted by Gasteiger charge is -2.32. The second-order valence-corrected chi connectivity index (χ2v) is 9.26. The van der Waals surface area contributed by atoms with E-state index in [-0.39, 0.29) is 10.5 Å². The zero-order chi connectivity index (χ0) is 23.9. The number of hydrazone groups is 1. The molecule has 0 aliphatic carbocycles. The predicted molar refractivity (Wildman–Crippen MR) is 139 cm³/mol. The zero-order valence-corrected chi connectivity index (χ0v) is 19.7. The van der Waals surface area contributed by atoms with E-state index in [1.54, 1.807) is 12.1 Å². The number of hydrogen-bond acceptors (Lipinski definition) is 5. The predicted octanol–water partition coefficient (Wildman–Crippen LogP) is 5.57. The lowest BCUT2D eigenvalue weighted by Crippen LogP contribution is -2.36. The third kappa shape index (κ3) is 5.36. The minimum Gasteiger partial charge on any atom is -0.326 e. The Labute approximate surface area is 203 Å². The fourth-order valence-electron chi connectivity index (χ4n) is 3.99. The molecule has 3 aromatic rings. The molecule has 170 valence electrons. The van der Waals surface area contributed by atoms with Gasteiger partial charge in [0, 0.05) is 17.8 Å². The average Bonchev–Trinajstić information content (AvgIpc) is 2.89. The summed E-state index contributed by atoms with van der Waals surface area (Å²) in [4.78, 5) is 13.5. The Morgan fingerprint density at radius 2 is 1.82 bits per heavy atom. The van der Waals surface area contributed by atoms with Crippen molar-refractivity contribution in [2.24, 2.45) is 5.10 Å². The molecule has 0 spiro atoms. The van der Waals surface area contributed by atoms with Crippen molar-refractivity contribution in [2.75, 3.05) is 11.4 Å². The molecule has 0 aromatic heterocycles. The molecular weight excluding hydrogens is 442 g/mol. The maximum Gasteiger partial charge on any atom is 0.299 e. The van der Waals surface area contributed by atoms with Crippen LogP contribution < -0.4 is 10.3 Å². The van der Waals surface area contributed by atoms with Gasteiger partial charge in [-0.2, -0.15) is 10.4 Å². The summed E-state index contributed by atoms with van der Waals surface area (Å²) in [6.45, 7) is 2.85. The molecule has 0 saturated carbocycles. The van der Waals surface area contributed by atoms with Gasteiger partial charge in [-0.1, -0.05) is 66.4 Å². The number of carbonyl (C=O) groups is 1. The number of fused-ring (bicyclic) bond motifs is 1. The number of thioether (sulfide) groups is 1. The normalized spacial score (nSPS) is 16.7. The van der Waals surface area contributed by atoms with Crippen LogP contribution >= 0.6 is 11.8 Å². The summed E-state index contributed by atoms with van der Waals surface area (Å²) in [6, 6.07) is 27.3. The van der Waals surface area contributed by atoms with Crippen molar-refractivity contribution in [2.45, 2.75) is 25.0 Å². The van der Waals surface area contributed by atoms with Gasteiger partial charge in [0.15, 0.2) is 0 Å². The molecule has 1 amide bonds. The largest absolute Gasteiger partial charge is 0.326 e. The van der Waals surface area contributed by atoms with Crippen LogP contribution in [0.5, 0.6) is 0 Å². The monoisotopic (exact) mass is 467 g/mol. The number of nitrogens with one attached hydrogen (secondary N) is 2.